The highest BCUT2D eigenvalue weighted by Crippen LogP contribution is 2.43. The van der Waals surface area contributed by atoms with Gasteiger partial charge in [0.1, 0.15) is 12.2 Å². The summed E-state index contributed by atoms with van der Waals surface area (Å²) in [5.41, 5.74) is -0.286. The first-order valence-electron chi connectivity index (χ1n) is 7.55. The van der Waals surface area contributed by atoms with E-state index >= 15 is 0 Å². The Balaban J connectivity index is 1.79. The number of nitrogens with zero attached hydrogens (tertiary/aromatic N) is 1. The number of hydrogen-bond acceptors (Lipinski definition) is 7. The molecule has 0 saturated carbocycles. The average Bonchev–Trinajstić information content (AvgIpc) is 2.92. The molecule has 0 radical (unpaired) electrons. The van der Waals surface area contributed by atoms with Gasteiger partial charge in [0, 0.05) is 6.54 Å². The monoisotopic (exact) mass is 303 g/mol. The lowest BCUT2D eigenvalue weighted by Crippen LogP contribution is -2.58. The van der Waals surface area contributed by atoms with Gasteiger partial charge in [-0.3, -0.25) is 4.84 Å². The minimum Gasteiger partial charge on any atom is -0.394 e. The molecule has 0 aromatic rings. The van der Waals surface area contributed by atoms with Crippen LogP contribution in [-0.2, 0) is 14.3 Å². The van der Waals surface area contributed by atoms with Crippen molar-refractivity contribution in [1.29, 1.82) is 0 Å². The standard InChI is InChI=1S/C14H25NO6/c1-14(2,3)20-7-4-5-15-10(7)9-12(18)11(17)8(6-16)19-13(9)21-15/h7-13,16-18H,4-6H2,1-3H3/t7-,8+,9+,10-,11+,12+,13+/m0/s1. The number of fused-ring (bicyclic) bond motifs is 3. The second-order valence-corrected chi connectivity index (χ2v) is 7.08. The summed E-state index contributed by atoms with van der Waals surface area (Å²) in [5, 5.41) is 31.5. The van der Waals surface area contributed by atoms with Crippen LogP contribution in [-0.4, -0.2) is 75.9 Å². The van der Waals surface area contributed by atoms with Crippen molar-refractivity contribution >= 4 is 0 Å². The third-order valence-corrected chi connectivity index (χ3v) is 4.41. The zero-order valence-corrected chi connectivity index (χ0v) is 12.7. The molecule has 7 atom stereocenters. The molecule has 7 nitrogen and oxygen atoms in total. The average molecular weight is 303 g/mol. The smallest absolute Gasteiger partial charge is 0.185 e. The molecule has 3 fully saturated rings. The molecule has 0 aromatic heterocycles. The molecule has 0 unspecified atom stereocenters. The maximum atomic E-state index is 10.4. The largest absolute Gasteiger partial charge is 0.394 e. The van der Waals surface area contributed by atoms with Crippen LogP contribution in [0.1, 0.15) is 27.2 Å². The molecule has 7 heteroatoms. The van der Waals surface area contributed by atoms with Crippen LogP contribution in [0.4, 0.5) is 0 Å². The Hall–Kier alpha value is -0.280. The van der Waals surface area contributed by atoms with Crippen LogP contribution in [0, 0.1) is 5.92 Å². The number of rotatable bonds is 2. The maximum absolute atomic E-state index is 10.4. The summed E-state index contributed by atoms with van der Waals surface area (Å²) in [5.74, 6) is -0.377. The molecule has 0 spiro atoms. The van der Waals surface area contributed by atoms with Crippen molar-refractivity contribution in [2.24, 2.45) is 5.92 Å². The van der Waals surface area contributed by atoms with Gasteiger partial charge >= 0.3 is 0 Å². The molecule has 0 aromatic carbocycles. The Morgan fingerprint density at radius 2 is 1.95 bits per heavy atom. The Morgan fingerprint density at radius 3 is 2.57 bits per heavy atom. The summed E-state index contributed by atoms with van der Waals surface area (Å²) in [6.07, 6.45) is -2.83. The van der Waals surface area contributed by atoms with Gasteiger partial charge in [-0.1, -0.05) is 0 Å². The highest BCUT2D eigenvalue weighted by Gasteiger charge is 2.59. The Labute approximate surface area is 124 Å². The Kier molecular flexibility index (Phi) is 4.03. The maximum Gasteiger partial charge on any atom is 0.185 e. The first kappa shape index (κ1) is 15.6. The van der Waals surface area contributed by atoms with Crippen LogP contribution in [0.2, 0.25) is 0 Å². The van der Waals surface area contributed by atoms with E-state index in [1.54, 1.807) is 5.06 Å². The van der Waals surface area contributed by atoms with Crippen molar-refractivity contribution in [3.05, 3.63) is 0 Å². The van der Waals surface area contributed by atoms with Gasteiger partial charge in [0.15, 0.2) is 6.29 Å². The van der Waals surface area contributed by atoms with Crippen LogP contribution >= 0.6 is 0 Å². The normalized spacial score (nSPS) is 47.4. The van der Waals surface area contributed by atoms with Crippen LogP contribution < -0.4 is 0 Å². The van der Waals surface area contributed by atoms with E-state index < -0.39 is 24.6 Å². The third kappa shape index (κ3) is 2.72. The topological polar surface area (TPSA) is 91.6 Å². The summed E-state index contributed by atoms with van der Waals surface area (Å²) in [4.78, 5) is 5.73. The zero-order chi connectivity index (χ0) is 15.4. The molecular formula is C14H25NO6. The molecule has 3 saturated heterocycles. The van der Waals surface area contributed by atoms with Gasteiger partial charge in [-0.05, 0) is 27.2 Å². The summed E-state index contributed by atoms with van der Waals surface area (Å²) in [6.45, 7) is 6.33. The zero-order valence-electron chi connectivity index (χ0n) is 12.7. The number of aliphatic hydroxyl groups excluding tert-OH is 3. The van der Waals surface area contributed by atoms with Crippen LogP contribution in [0.5, 0.6) is 0 Å². The van der Waals surface area contributed by atoms with Gasteiger partial charge in [-0.2, -0.15) is 5.06 Å². The lowest BCUT2D eigenvalue weighted by atomic mass is 9.84. The van der Waals surface area contributed by atoms with Gasteiger partial charge in [-0.15, -0.1) is 0 Å². The van der Waals surface area contributed by atoms with E-state index in [2.05, 4.69) is 0 Å². The van der Waals surface area contributed by atoms with E-state index in [0.717, 1.165) is 6.42 Å². The van der Waals surface area contributed by atoms with E-state index in [9.17, 15) is 15.3 Å². The van der Waals surface area contributed by atoms with Crippen molar-refractivity contribution in [1.82, 2.24) is 5.06 Å². The molecule has 3 aliphatic rings. The van der Waals surface area contributed by atoms with Crippen LogP contribution in [0.3, 0.4) is 0 Å². The van der Waals surface area contributed by atoms with Crippen molar-refractivity contribution in [3.8, 4) is 0 Å². The number of ether oxygens (including phenoxy) is 2. The fourth-order valence-electron chi connectivity index (χ4n) is 3.60. The van der Waals surface area contributed by atoms with Gasteiger partial charge in [-0.25, -0.2) is 0 Å². The summed E-state index contributed by atoms with van der Waals surface area (Å²) in [6, 6.07) is -0.140. The second-order valence-electron chi connectivity index (χ2n) is 7.08. The van der Waals surface area contributed by atoms with Crippen molar-refractivity contribution in [2.75, 3.05) is 13.2 Å². The predicted octanol–water partition coefficient (Wildman–Crippen LogP) is -0.755. The molecule has 3 N–H and O–H groups in total. The minimum absolute atomic E-state index is 0.0730. The fourth-order valence-corrected chi connectivity index (χ4v) is 3.60. The lowest BCUT2D eigenvalue weighted by molar-refractivity contribution is -0.297. The highest BCUT2D eigenvalue weighted by atomic mass is 16.8. The van der Waals surface area contributed by atoms with E-state index in [1.165, 1.54) is 0 Å². The lowest BCUT2D eigenvalue weighted by Gasteiger charge is -2.40. The molecule has 21 heavy (non-hydrogen) atoms. The second kappa shape index (κ2) is 5.42. The van der Waals surface area contributed by atoms with E-state index in [4.69, 9.17) is 14.3 Å². The van der Waals surface area contributed by atoms with Gasteiger partial charge < -0.3 is 24.8 Å². The number of aliphatic hydroxyl groups is 3. The molecule has 0 bridgehead atoms. The SMILES string of the molecule is CC(C)(C)O[C@H]1CCN2O[C@H]3O[C@H](CO)[C@@H](O)[C@H](O)[C@H]3[C@H]12. The fraction of sp³-hybridized carbons (Fsp3) is 1.00. The first-order chi connectivity index (χ1) is 9.81. The van der Waals surface area contributed by atoms with E-state index in [0.29, 0.717) is 6.54 Å². The first-order valence-corrected chi connectivity index (χ1v) is 7.55. The molecule has 3 rings (SSSR count). The Morgan fingerprint density at radius 1 is 1.24 bits per heavy atom. The van der Waals surface area contributed by atoms with E-state index in [1.807, 2.05) is 20.8 Å². The predicted molar refractivity (Wildman–Crippen MR) is 72.1 cm³/mol. The molecule has 122 valence electrons. The quantitative estimate of drug-likeness (QED) is 0.618. The summed E-state index contributed by atoms with van der Waals surface area (Å²) >= 11 is 0. The third-order valence-electron chi connectivity index (χ3n) is 4.41. The van der Waals surface area contributed by atoms with Gasteiger partial charge in [0.05, 0.1) is 36.4 Å². The number of hydrogen-bond donors (Lipinski definition) is 3. The van der Waals surface area contributed by atoms with Gasteiger partial charge in [0.2, 0.25) is 0 Å². The molecule has 0 aliphatic carbocycles. The van der Waals surface area contributed by atoms with Gasteiger partial charge in [0.25, 0.3) is 0 Å². The summed E-state index contributed by atoms with van der Waals surface area (Å²) in [7, 11) is 0. The van der Waals surface area contributed by atoms with Crippen LogP contribution in [0.15, 0.2) is 0 Å². The molecule has 3 heterocycles. The minimum atomic E-state index is -1.12. The molecule has 3 aliphatic heterocycles. The van der Waals surface area contributed by atoms with Crippen LogP contribution in [0.25, 0.3) is 0 Å². The van der Waals surface area contributed by atoms with E-state index in [-0.39, 0.29) is 30.3 Å². The molecule has 0 amide bonds. The van der Waals surface area contributed by atoms with Crippen molar-refractivity contribution < 1.29 is 29.6 Å². The Bertz CT molecular complexity index is 384. The van der Waals surface area contributed by atoms with Crippen molar-refractivity contribution in [3.63, 3.8) is 0 Å². The number of hydroxylamine groups is 2. The highest BCUT2D eigenvalue weighted by molar-refractivity contribution is 5.03. The summed E-state index contributed by atoms with van der Waals surface area (Å²) < 4.78 is 11.7. The van der Waals surface area contributed by atoms with Crippen molar-refractivity contribution in [2.45, 2.75) is 69.5 Å². The molecular weight excluding hydrogens is 278 g/mol.